The second-order valence-corrected chi connectivity index (χ2v) is 8.53. The molecule has 30 heavy (non-hydrogen) atoms. The summed E-state index contributed by atoms with van der Waals surface area (Å²) >= 11 is 0. The Labute approximate surface area is 176 Å². The summed E-state index contributed by atoms with van der Waals surface area (Å²) in [5.41, 5.74) is 3.24. The Morgan fingerprint density at radius 2 is 1.97 bits per heavy atom. The molecule has 156 valence electrons. The summed E-state index contributed by atoms with van der Waals surface area (Å²) in [7, 11) is 0. The predicted octanol–water partition coefficient (Wildman–Crippen LogP) is 2.49. The van der Waals surface area contributed by atoms with Crippen molar-refractivity contribution in [1.29, 1.82) is 0 Å². The molecule has 2 unspecified atom stereocenters. The lowest BCUT2D eigenvalue weighted by molar-refractivity contribution is -0.131. The number of carbonyl (C=O) groups is 1. The topological polar surface area (TPSA) is 74.6 Å². The van der Waals surface area contributed by atoms with E-state index in [4.69, 9.17) is 0 Å². The molecule has 0 saturated carbocycles. The third-order valence-electron chi connectivity index (χ3n) is 6.56. The quantitative estimate of drug-likeness (QED) is 0.633. The Kier molecular flexibility index (Phi) is 5.12. The van der Waals surface area contributed by atoms with Crippen LogP contribution in [0.5, 0.6) is 0 Å². The number of hydrogen-bond acceptors (Lipinski definition) is 5. The number of benzene rings is 1. The van der Waals surface area contributed by atoms with Gasteiger partial charge in [0, 0.05) is 25.8 Å². The first kappa shape index (κ1) is 19.1. The van der Waals surface area contributed by atoms with Crippen molar-refractivity contribution in [2.45, 2.75) is 32.2 Å². The molecular formula is C23H28N6O. The zero-order valence-corrected chi connectivity index (χ0v) is 17.2. The lowest BCUT2D eigenvalue weighted by Crippen LogP contribution is -2.45. The molecule has 2 aliphatic rings. The molecule has 2 N–H and O–H groups in total. The van der Waals surface area contributed by atoms with Gasteiger partial charge in [0.25, 0.3) is 0 Å². The summed E-state index contributed by atoms with van der Waals surface area (Å²) in [4.78, 5) is 19.6. The minimum absolute atomic E-state index is 0.143. The van der Waals surface area contributed by atoms with Crippen LogP contribution in [0.2, 0.25) is 0 Å². The number of aromatic nitrogens is 3. The van der Waals surface area contributed by atoms with Crippen LogP contribution in [0, 0.1) is 5.41 Å². The van der Waals surface area contributed by atoms with Crippen LogP contribution >= 0.6 is 0 Å². The fraction of sp³-hybridized carbons (Fsp3) is 0.435. The Morgan fingerprint density at radius 1 is 1.10 bits per heavy atom. The van der Waals surface area contributed by atoms with Crippen LogP contribution in [0.15, 0.2) is 48.9 Å². The lowest BCUT2D eigenvalue weighted by Gasteiger charge is -2.32. The van der Waals surface area contributed by atoms with Gasteiger partial charge in [-0.15, -0.1) is 0 Å². The molecule has 1 amide bonds. The average molecular weight is 405 g/mol. The number of rotatable bonds is 7. The maximum Gasteiger partial charge on any atom is 0.227 e. The van der Waals surface area contributed by atoms with E-state index in [1.807, 2.05) is 22.8 Å². The Morgan fingerprint density at radius 3 is 2.87 bits per heavy atom. The highest BCUT2D eigenvalue weighted by Gasteiger charge is 2.46. The number of piperidine rings is 1. The Balaban J connectivity index is 1.11. The molecule has 2 fully saturated rings. The molecular weight excluding hydrogens is 376 g/mol. The molecule has 1 aromatic carbocycles. The largest absolute Gasteiger partial charge is 0.368 e. The van der Waals surface area contributed by atoms with Crippen molar-refractivity contribution in [3.63, 3.8) is 0 Å². The zero-order valence-electron chi connectivity index (χ0n) is 17.2. The van der Waals surface area contributed by atoms with Gasteiger partial charge in [0.05, 0.1) is 5.41 Å². The first-order chi connectivity index (χ1) is 14.7. The van der Waals surface area contributed by atoms with Gasteiger partial charge in [0.1, 0.15) is 11.8 Å². The maximum absolute atomic E-state index is 12.8. The lowest BCUT2D eigenvalue weighted by atomic mass is 9.80. The number of carbonyl (C=O) groups excluding carboxylic acids is 1. The number of fused-ring (bicyclic) bond motifs is 3. The van der Waals surface area contributed by atoms with Gasteiger partial charge in [-0.25, -0.2) is 9.50 Å². The van der Waals surface area contributed by atoms with E-state index in [9.17, 15) is 4.79 Å². The highest BCUT2D eigenvalue weighted by Crippen LogP contribution is 2.39. The van der Waals surface area contributed by atoms with Crippen molar-refractivity contribution in [3.05, 3.63) is 60.0 Å². The van der Waals surface area contributed by atoms with Crippen molar-refractivity contribution in [1.82, 2.24) is 24.8 Å². The molecule has 2 aliphatic heterocycles. The van der Waals surface area contributed by atoms with Crippen molar-refractivity contribution in [2.75, 3.05) is 31.5 Å². The van der Waals surface area contributed by atoms with Gasteiger partial charge in [-0.3, -0.25) is 4.79 Å². The SMILES string of the molecule is O=C(NCc1ccc(CCNc2ncnn3cccc23)cc1)C12CCCN(CC1)C2. The van der Waals surface area contributed by atoms with E-state index in [1.165, 1.54) is 5.56 Å². The van der Waals surface area contributed by atoms with Crippen LogP contribution < -0.4 is 10.6 Å². The minimum atomic E-state index is -0.143. The Bertz CT molecular complexity index is 1030. The summed E-state index contributed by atoms with van der Waals surface area (Å²) in [6.45, 7) is 4.56. The highest BCUT2D eigenvalue weighted by molar-refractivity contribution is 5.83. The number of nitrogens with zero attached hydrogens (tertiary/aromatic N) is 4. The summed E-state index contributed by atoms with van der Waals surface area (Å²) in [5.74, 6) is 1.08. The normalized spacial score (nSPS) is 22.9. The van der Waals surface area contributed by atoms with Crippen LogP contribution in [0.4, 0.5) is 5.82 Å². The first-order valence-corrected chi connectivity index (χ1v) is 10.8. The monoisotopic (exact) mass is 404 g/mol. The van der Waals surface area contributed by atoms with Crippen molar-refractivity contribution in [2.24, 2.45) is 5.41 Å². The van der Waals surface area contributed by atoms with Gasteiger partial charge in [0.2, 0.25) is 5.91 Å². The van der Waals surface area contributed by atoms with Gasteiger partial charge in [0.15, 0.2) is 5.82 Å². The van der Waals surface area contributed by atoms with E-state index in [2.05, 4.69) is 49.9 Å². The molecule has 4 heterocycles. The van der Waals surface area contributed by atoms with Gasteiger partial charge in [-0.2, -0.15) is 5.10 Å². The fourth-order valence-corrected chi connectivity index (χ4v) is 4.81. The van der Waals surface area contributed by atoms with Crippen molar-refractivity contribution in [3.8, 4) is 0 Å². The van der Waals surface area contributed by atoms with E-state index in [0.29, 0.717) is 6.54 Å². The van der Waals surface area contributed by atoms with Gasteiger partial charge >= 0.3 is 0 Å². The molecule has 2 aromatic heterocycles. The molecule has 5 rings (SSSR count). The van der Waals surface area contributed by atoms with E-state index >= 15 is 0 Å². The summed E-state index contributed by atoms with van der Waals surface area (Å²) in [6.07, 6.45) is 7.56. The molecule has 7 heteroatoms. The van der Waals surface area contributed by atoms with Crippen LogP contribution in [0.25, 0.3) is 5.52 Å². The van der Waals surface area contributed by atoms with Gasteiger partial charge < -0.3 is 15.5 Å². The molecule has 2 saturated heterocycles. The Hall–Kier alpha value is -2.93. The average Bonchev–Trinajstić information content (AvgIpc) is 3.38. The molecule has 0 radical (unpaired) electrons. The van der Waals surface area contributed by atoms with Gasteiger partial charge in [-0.05, 0) is 62.0 Å². The van der Waals surface area contributed by atoms with Crippen molar-refractivity contribution >= 4 is 17.2 Å². The summed E-state index contributed by atoms with van der Waals surface area (Å²) in [5, 5.41) is 10.8. The molecule has 2 bridgehead atoms. The number of hydrogen-bond donors (Lipinski definition) is 2. The smallest absolute Gasteiger partial charge is 0.227 e. The molecule has 2 atom stereocenters. The second-order valence-electron chi connectivity index (χ2n) is 8.53. The third kappa shape index (κ3) is 3.77. The first-order valence-electron chi connectivity index (χ1n) is 10.8. The number of amides is 1. The third-order valence-corrected chi connectivity index (χ3v) is 6.56. The maximum atomic E-state index is 12.8. The van der Waals surface area contributed by atoms with Crippen molar-refractivity contribution < 1.29 is 4.79 Å². The number of nitrogens with one attached hydrogen (secondary N) is 2. The minimum Gasteiger partial charge on any atom is -0.368 e. The van der Waals surface area contributed by atoms with Crippen LogP contribution in [0.3, 0.4) is 0 Å². The number of anilines is 1. The van der Waals surface area contributed by atoms with E-state index in [0.717, 1.165) is 68.8 Å². The summed E-state index contributed by atoms with van der Waals surface area (Å²) < 4.78 is 1.81. The standard InChI is InChI=1S/C23H28N6O/c30-22(23-9-2-12-28(16-23)14-10-23)25-15-19-6-4-18(5-7-19)8-11-24-21-20-3-1-13-29(20)27-17-26-21/h1,3-7,13,17H,2,8-12,14-16H2,(H,25,30)(H,24,26,27). The van der Waals surface area contributed by atoms with Crippen LogP contribution in [-0.2, 0) is 17.8 Å². The molecule has 0 spiro atoms. The van der Waals surface area contributed by atoms with Crippen LogP contribution in [-0.4, -0.2) is 51.6 Å². The predicted molar refractivity (Wildman–Crippen MR) is 116 cm³/mol. The van der Waals surface area contributed by atoms with Gasteiger partial charge in [-0.1, -0.05) is 24.3 Å². The molecule has 3 aromatic rings. The van der Waals surface area contributed by atoms with E-state index < -0.39 is 0 Å². The second kappa shape index (κ2) is 8.07. The fourth-order valence-electron chi connectivity index (χ4n) is 4.81. The van der Waals surface area contributed by atoms with Crippen LogP contribution in [0.1, 0.15) is 30.4 Å². The zero-order chi connectivity index (χ0) is 20.4. The molecule has 0 aliphatic carbocycles. The van der Waals surface area contributed by atoms with E-state index in [-0.39, 0.29) is 11.3 Å². The van der Waals surface area contributed by atoms with E-state index in [1.54, 1.807) is 6.33 Å². The highest BCUT2D eigenvalue weighted by atomic mass is 16.2. The summed E-state index contributed by atoms with van der Waals surface area (Å²) in [6, 6.07) is 12.5. The molecule has 7 nitrogen and oxygen atoms in total.